The van der Waals surface area contributed by atoms with E-state index in [2.05, 4.69) is 15.0 Å². The van der Waals surface area contributed by atoms with E-state index in [0.717, 1.165) is 16.9 Å². The number of aromatic nitrogens is 2. The summed E-state index contributed by atoms with van der Waals surface area (Å²) in [7, 11) is 1.60. The fourth-order valence-electron chi connectivity index (χ4n) is 3.78. The maximum Gasteiger partial charge on any atom is 0.282 e. The third kappa shape index (κ3) is 3.80. The number of methoxy groups -OCH3 is 1. The van der Waals surface area contributed by atoms with Crippen molar-refractivity contribution in [1.82, 2.24) is 9.97 Å². The van der Waals surface area contributed by atoms with Gasteiger partial charge in [0.1, 0.15) is 23.1 Å². The lowest BCUT2D eigenvalue weighted by Gasteiger charge is -2.19. The number of amidine groups is 1. The van der Waals surface area contributed by atoms with Gasteiger partial charge in [-0.15, -0.1) is 0 Å². The highest BCUT2D eigenvalue weighted by molar-refractivity contribution is 6.33. The summed E-state index contributed by atoms with van der Waals surface area (Å²) in [5.74, 6) is 1.49. The SMILES string of the molecule is COc1ccc(/C=C2/N=C(c3ccccc3)N(c3ccc4nc(C)[nH]c(=O)c4c3)C2=O)cc1. The fourth-order valence-corrected chi connectivity index (χ4v) is 3.78. The molecule has 0 spiro atoms. The molecule has 0 bridgehead atoms. The second-order valence-corrected chi connectivity index (χ2v) is 7.60. The number of nitrogens with one attached hydrogen (secondary N) is 1. The third-order valence-corrected chi connectivity index (χ3v) is 5.38. The molecule has 0 unspecified atom stereocenters. The molecule has 0 radical (unpaired) electrons. The molecule has 0 atom stereocenters. The predicted octanol–water partition coefficient (Wildman–Crippen LogP) is 4.07. The van der Waals surface area contributed by atoms with Gasteiger partial charge in [0.2, 0.25) is 0 Å². The maximum atomic E-state index is 13.5. The predicted molar refractivity (Wildman–Crippen MR) is 129 cm³/mol. The van der Waals surface area contributed by atoms with Crippen LogP contribution in [0.25, 0.3) is 17.0 Å². The monoisotopic (exact) mass is 436 g/mol. The van der Waals surface area contributed by atoms with Gasteiger partial charge in [-0.05, 0) is 48.9 Å². The van der Waals surface area contributed by atoms with Crippen molar-refractivity contribution in [2.24, 2.45) is 4.99 Å². The summed E-state index contributed by atoms with van der Waals surface area (Å²) >= 11 is 0. The molecule has 0 saturated carbocycles. The van der Waals surface area contributed by atoms with E-state index in [4.69, 9.17) is 4.74 Å². The molecule has 2 heterocycles. The third-order valence-electron chi connectivity index (χ3n) is 5.38. The number of fused-ring (bicyclic) bond motifs is 1. The van der Waals surface area contributed by atoms with Gasteiger partial charge in [-0.2, -0.15) is 0 Å². The number of aliphatic imine (C=N–C) groups is 1. The minimum absolute atomic E-state index is 0.252. The van der Waals surface area contributed by atoms with E-state index in [0.29, 0.717) is 33.9 Å². The molecule has 0 aliphatic carbocycles. The standard InChI is InChI=1S/C26H20N4O3/c1-16-27-22-13-10-19(15-21(22)25(31)28-16)30-24(18-6-4-3-5-7-18)29-23(26(30)32)14-17-8-11-20(33-2)12-9-17/h3-15H,1-2H3,(H,27,28,31)/b23-14+. The Balaban J connectivity index is 1.63. The van der Waals surface area contributed by atoms with Crippen LogP contribution in [0.5, 0.6) is 5.75 Å². The van der Waals surface area contributed by atoms with Crippen molar-refractivity contribution in [2.45, 2.75) is 6.92 Å². The van der Waals surface area contributed by atoms with Crippen molar-refractivity contribution >= 4 is 34.4 Å². The normalized spacial score (nSPS) is 14.7. The van der Waals surface area contributed by atoms with Crippen LogP contribution in [0, 0.1) is 6.92 Å². The fraction of sp³-hybridized carbons (Fsp3) is 0.0769. The summed E-state index contributed by atoms with van der Waals surface area (Å²) in [5, 5.41) is 0.408. The number of carbonyl (C=O) groups excluding carboxylic acids is 1. The van der Waals surface area contributed by atoms with Gasteiger partial charge in [0, 0.05) is 5.56 Å². The van der Waals surface area contributed by atoms with Crippen LogP contribution in [0.3, 0.4) is 0 Å². The highest BCUT2D eigenvalue weighted by Crippen LogP contribution is 2.29. The Bertz CT molecular complexity index is 1490. The molecule has 1 aromatic heterocycles. The van der Waals surface area contributed by atoms with Crippen LogP contribution in [-0.2, 0) is 4.79 Å². The summed E-state index contributed by atoms with van der Waals surface area (Å²) in [5.41, 5.74) is 2.78. The number of rotatable bonds is 4. The lowest BCUT2D eigenvalue weighted by Crippen LogP contribution is -2.32. The smallest absolute Gasteiger partial charge is 0.282 e. The number of ether oxygens (including phenoxy) is 1. The summed E-state index contributed by atoms with van der Waals surface area (Å²) in [4.78, 5) is 39.3. The summed E-state index contributed by atoms with van der Waals surface area (Å²) in [6.45, 7) is 1.73. The number of H-pyrrole nitrogens is 1. The van der Waals surface area contributed by atoms with E-state index in [1.54, 1.807) is 38.3 Å². The number of hydrogen-bond donors (Lipinski definition) is 1. The molecule has 7 nitrogen and oxygen atoms in total. The Morgan fingerprint density at radius 3 is 2.45 bits per heavy atom. The minimum Gasteiger partial charge on any atom is -0.497 e. The van der Waals surface area contributed by atoms with Gasteiger partial charge < -0.3 is 9.72 Å². The molecule has 1 aliphatic heterocycles. The zero-order valence-electron chi connectivity index (χ0n) is 18.1. The van der Waals surface area contributed by atoms with Crippen molar-refractivity contribution in [3.05, 3.63) is 106 Å². The zero-order valence-corrected chi connectivity index (χ0v) is 18.1. The number of aryl methyl sites for hydroxylation is 1. The molecule has 3 aromatic carbocycles. The van der Waals surface area contributed by atoms with Crippen LogP contribution >= 0.6 is 0 Å². The Morgan fingerprint density at radius 1 is 0.970 bits per heavy atom. The largest absolute Gasteiger partial charge is 0.497 e. The van der Waals surface area contributed by atoms with Crippen LogP contribution < -0.4 is 15.2 Å². The Kier molecular flexibility index (Phi) is 5.06. The van der Waals surface area contributed by atoms with Crippen LogP contribution in [0.15, 0.2) is 88.3 Å². The molecular weight excluding hydrogens is 416 g/mol. The molecule has 1 aliphatic rings. The molecule has 1 N–H and O–H groups in total. The first-order valence-corrected chi connectivity index (χ1v) is 10.4. The number of nitrogens with zero attached hydrogens (tertiary/aromatic N) is 3. The van der Waals surface area contributed by atoms with E-state index in [9.17, 15) is 9.59 Å². The molecule has 0 saturated heterocycles. The minimum atomic E-state index is -0.277. The lowest BCUT2D eigenvalue weighted by atomic mass is 10.1. The van der Waals surface area contributed by atoms with Gasteiger partial charge in [-0.1, -0.05) is 42.5 Å². The van der Waals surface area contributed by atoms with Gasteiger partial charge >= 0.3 is 0 Å². The van der Waals surface area contributed by atoms with Crippen molar-refractivity contribution in [1.29, 1.82) is 0 Å². The van der Waals surface area contributed by atoms with Crippen LogP contribution in [0.2, 0.25) is 0 Å². The molecule has 4 aromatic rings. The number of aromatic amines is 1. The molecule has 33 heavy (non-hydrogen) atoms. The average Bonchev–Trinajstić information content (AvgIpc) is 3.16. The summed E-state index contributed by atoms with van der Waals surface area (Å²) in [6.07, 6.45) is 1.74. The van der Waals surface area contributed by atoms with Crippen molar-refractivity contribution in [3.8, 4) is 5.75 Å². The molecule has 7 heteroatoms. The maximum absolute atomic E-state index is 13.5. The topological polar surface area (TPSA) is 87.7 Å². The molecule has 1 amide bonds. The average molecular weight is 436 g/mol. The van der Waals surface area contributed by atoms with Crippen LogP contribution in [0.4, 0.5) is 5.69 Å². The Morgan fingerprint density at radius 2 is 1.73 bits per heavy atom. The number of benzene rings is 3. The van der Waals surface area contributed by atoms with Gasteiger partial charge in [0.25, 0.3) is 11.5 Å². The molecule has 0 fully saturated rings. The van der Waals surface area contributed by atoms with E-state index in [-0.39, 0.29) is 11.5 Å². The van der Waals surface area contributed by atoms with E-state index >= 15 is 0 Å². The number of amides is 1. The number of anilines is 1. The zero-order chi connectivity index (χ0) is 22.9. The summed E-state index contributed by atoms with van der Waals surface area (Å²) < 4.78 is 5.21. The second kappa shape index (κ2) is 8.20. The highest BCUT2D eigenvalue weighted by atomic mass is 16.5. The van der Waals surface area contributed by atoms with Gasteiger partial charge in [0.15, 0.2) is 0 Å². The Labute approximate surface area is 189 Å². The van der Waals surface area contributed by atoms with Gasteiger partial charge in [0.05, 0.1) is 23.7 Å². The van der Waals surface area contributed by atoms with Crippen LogP contribution in [0.1, 0.15) is 17.0 Å². The van der Waals surface area contributed by atoms with Gasteiger partial charge in [-0.25, -0.2) is 9.98 Å². The van der Waals surface area contributed by atoms with Crippen molar-refractivity contribution in [3.63, 3.8) is 0 Å². The second-order valence-electron chi connectivity index (χ2n) is 7.60. The van der Waals surface area contributed by atoms with Crippen molar-refractivity contribution in [2.75, 3.05) is 12.0 Å². The first kappa shape index (κ1) is 20.4. The van der Waals surface area contributed by atoms with Gasteiger partial charge in [-0.3, -0.25) is 14.5 Å². The van der Waals surface area contributed by atoms with E-state index in [1.165, 1.54) is 4.90 Å². The first-order chi connectivity index (χ1) is 16.0. The Hall–Kier alpha value is -4.52. The molecular formula is C26H20N4O3. The number of carbonyl (C=O) groups is 1. The molecule has 162 valence electrons. The quantitative estimate of drug-likeness (QED) is 0.489. The van der Waals surface area contributed by atoms with Crippen LogP contribution in [-0.4, -0.2) is 28.8 Å². The lowest BCUT2D eigenvalue weighted by molar-refractivity contribution is -0.113. The highest BCUT2D eigenvalue weighted by Gasteiger charge is 2.32. The van der Waals surface area contributed by atoms with E-state index < -0.39 is 0 Å². The number of hydrogen-bond acceptors (Lipinski definition) is 5. The van der Waals surface area contributed by atoms with E-state index in [1.807, 2.05) is 54.6 Å². The first-order valence-electron chi connectivity index (χ1n) is 10.4. The summed E-state index contributed by atoms with van der Waals surface area (Å²) in [6, 6.07) is 22.1. The van der Waals surface area contributed by atoms with Crippen molar-refractivity contribution < 1.29 is 9.53 Å². The molecule has 5 rings (SSSR count).